The van der Waals surface area contributed by atoms with E-state index in [0.29, 0.717) is 10.4 Å². The molecule has 0 spiro atoms. The molecule has 3 aromatic rings. The first-order chi connectivity index (χ1) is 12.3. The van der Waals surface area contributed by atoms with E-state index in [-0.39, 0.29) is 22.6 Å². The highest BCUT2D eigenvalue weighted by Crippen LogP contribution is 2.32. The van der Waals surface area contributed by atoms with Crippen molar-refractivity contribution in [2.24, 2.45) is 0 Å². The molecule has 0 aliphatic heterocycles. The number of anilines is 1. The number of hydrogen-bond acceptors (Lipinski definition) is 5. The maximum atomic E-state index is 12.5. The number of carbonyl (C=O) groups is 2. The highest BCUT2D eigenvalue weighted by atomic mass is 32.1. The van der Waals surface area contributed by atoms with E-state index in [9.17, 15) is 14.7 Å². The number of nitrogens with zero attached hydrogens (tertiary/aromatic N) is 1. The van der Waals surface area contributed by atoms with E-state index in [1.165, 1.54) is 11.3 Å². The average Bonchev–Trinajstić information content (AvgIpc) is 3.23. The summed E-state index contributed by atoms with van der Waals surface area (Å²) in [7, 11) is 0. The van der Waals surface area contributed by atoms with Gasteiger partial charge in [-0.1, -0.05) is 44.1 Å². The third-order valence-corrected chi connectivity index (χ3v) is 4.78. The fourth-order valence-corrected chi connectivity index (χ4v) is 3.16. The predicted molar refractivity (Wildman–Crippen MR) is 99.9 cm³/mol. The number of carbonyl (C=O) groups excluding carboxylic acids is 1. The van der Waals surface area contributed by atoms with Gasteiger partial charge in [-0.05, 0) is 34.6 Å². The van der Waals surface area contributed by atoms with Gasteiger partial charge in [0.15, 0.2) is 5.56 Å². The summed E-state index contributed by atoms with van der Waals surface area (Å²) in [5, 5.41) is 17.6. The third-order valence-electron chi connectivity index (χ3n) is 3.90. The zero-order valence-electron chi connectivity index (χ0n) is 14.6. The standard InChI is InChI=1S/C19H18N2O4S/c1-19(2,3)12-8-6-11(7-9-12)16(22)20-17-14(18(23)24)15(21-25-17)13-5-4-10-26-13/h4-10H,1-3H3,(H,20,22)(H,23,24). The van der Waals surface area contributed by atoms with Crippen molar-refractivity contribution in [2.75, 3.05) is 5.32 Å². The average molecular weight is 370 g/mol. The molecule has 2 aromatic heterocycles. The van der Waals surface area contributed by atoms with Crippen LogP contribution in [-0.2, 0) is 5.41 Å². The molecule has 0 bridgehead atoms. The number of hydrogen-bond donors (Lipinski definition) is 2. The molecule has 0 atom stereocenters. The van der Waals surface area contributed by atoms with E-state index in [0.717, 1.165) is 5.56 Å². The summed E-state index contributed by atoms with van der Waals surface area (Å²) in [4.78, 5) is 24.7. The Morgan fingerprint density at radius 3 is 2.38 bits per heavy atom. The zero-order chi connectivity index (χ0) is 18.9. The van der Waals surface area contributed by atoms with Gasteiger partial charge >= 0.3 is 5.97 Å². The van der Waals surface area contributed by atoms with Crippen molar-refractivity contribution < 1.29 is 19.2 Å². The molecule has 0 unspecified atom stereocenters. The van der Waals surface area contributed by atoms with E-state index >= 15 is 0 Å². The summed E-state index contributed by atoms with van der Waals surface area (Å²) in [5.74, 6) is -1.85. The Labute approximate surface area is 154 Å². The number of benzene rings is 1. The van der Waals surface area contributed by atoms with Crippen LogP contribution in [0, 0.1) is 0 Å². The summed E-state index contributed by atoms with van der Waals surface area (Å²) < 4.78 is 5.09. The van der Waals surface area contributed by atoms with Gasteiger partial charge in [-0.2, -0.15) is 0 Å². The molecule has 3 rings (SSSR count). The Hall–Kier alpha value is -2.93. The van der Waals surface area contributed by atoms with Gasteiger partial charge in [0.05, 0.1) is 4.88 Å². The Balaban J connectivity index is 1.87. The van der Waals surface area contributed by atoms with Crippen LogP contribution in [0.3, 0.4) is 0 Å². The molecule has 2 heterocycles. The topological polar surface area (TPSA) is 92.4 Å². The largest absolute Gasteiger partial charge is 0.477 e. The van der Waals surface area contributed by atoms with Crippen LogP contribution in [0.2, 0.25) is 0 Å². The molecule has 0 radical (unpaired) electrons. The van der Waals surface area contributed by atoms with Gasteiger partial charge in [0.25, 0.3) is 5.91 Å². The summed E-state index contributed by atoms with van der Waals surface area (Å²) >= 11 is 1.34. The summed E-state index contributed by atoms with van der Waals surface area (Å²) in [6.07, 6.45) is 0. The second-order valence-corrected chi connectivity index (χ2v) is 7.75. The normalized spacial score (nSPS) is 11.3. The van der Waals surface area contributed by atoms with Crippen molar-refractivity contribution in [1.82, 2.24) is 5.16 Å². The van der Waals surface area contributed by atoms with Crippen molar-refractivity contribution in [1.29, 1.82) is 0 Å². The van der Waals surface area contributed by atoms with Crippen LogP contribution in [0.5, 0.6) is 0 Å². The Kier molecular flexibility index (Phi) is 4.65. The van der Waals surface area contributed by atoms with Gasteiger partial charge in [0.2, 0.25) is 5.88 Å². The summed E-state index contributed by atoms with van der Waals surface area (Å²) in [6, 6.07) is 10.7. The van der Waals surface area contributed by atoms with Crippen LogP contribution in [0.1, 0.15) is 47.1 Å². The van der Waals surface area contributed by atoms with Crippen molar-refractivity contribution in [3.05, 3.63) is 58.5 Å². The van der Waals surface area contributed by atoms with E-state index < -0.39 is 11.9 Å². The van der Waals surface area contributed by atoms with Crippen LogP contribution in [0.25, 0.3) is 10.6 Å². The minimum absolute atomic E-state index is 0.0218. The highest BCUT2D eigenvalue weighted by molar-refractivity contribution is 7.13. The van der Waals surface area contributed by atoms with Crippen LogP contribution in [0.15, 0.2) is 46.3 Å². The molecule has 134 valence electrons. The van der Waals surface area contributed by atoms with Gasteiger partial charge in [-0.15, -0.1) is 11.3 Å². The van der Waals surface area contributed by atoms with E-state index in [1.54, 1.807) is 24.3 Å². The molecule has 0 aliphatic rings. The smallest absolute Gasteiger partial charge is 0.343 e. The second kappa shape index (κ2) is 6.76. The lowest BCUT2D eigenvalue weighted by Crippen LogP contribution is -2.15. The lowest BCUT2D eigenvalue weighted by molar-refractivity contribution is 0.0698. The summed E-state index contributed by atoms with van der Waals surface area (Å²) in [5.41, 5.74) is 1.52. The quantitative estimate of drug-likeness (QED) is 0.697. The van der Waals surface area contributed by atoms with Crippen LogP contribution in [0.4, 0.5) is 5.88 Å². The number of carboxylic acids is 1. The highest BCUT2D eigenvalue weighted by Gasteiger charge is 2.26. The molecule has 7 heteroatoms. The molecule has 0 saturated carbocycles. The van der Waals surface area contributed by atoms with Crippen LogP contribution < -0.4 is 5.32 Å². The molecule has 1 aromatic carbocycles. The number of nitrogens with one attached hydrogen (secondary N) is 1. The Morgan fingerprint density at radius 2 is 1.85 bits per heavy atom. The van der Waals surface area contributed by atoms with Gasteiger partial charge < -0.3 is 9.63 Å². The maximum absolute atomic E-state index is 12.5. The Bertz CT molecular complexity index is 935. The van der Waals surface area contributed by atoms with Crippen molar-refractivity contribution >= 4 is 29.1 Å². The first-order valence-electron chi connectivity index (χ1n) is 7.96. The minimum atomic E-state index is -1.21. The van der Waals surface area contributed by atoms with E-state index in [1.807, 2.05) is 17.5 Å². The van der Waals surface area contributed by atoms with Gasteiger partial charge in [-0.25, -0.2) is 4.79 Å². The third kappa shape index (κ3) is 3.52. The van der Waals surface area contributed by atoms with Gasteiger partial charge in [0.1, 0.15) is 5.69 Å². The second-order valence-electron chi connectivity index (χ2n) is 6.80. The maximum Gasteiger partial charge on any atom is 0.343 e. The number of aromatic carboxylic acids is 1. The van der Waals surface area contributed by atoms with E-state index in [4.69, 9.17) is 4.52 Å². The molecule has 6 nitrogen and oxygen atoms in total. The number of amides is 1. The molecular formula is C19H18N2O4S. The fraction of sp³-hybridized carbons (Fsp3) is 0.211. The fourth-order valence-electron chi connectivity index (χ4n) is 2.45. The first-order valence-corrected chi connectivity index (χ1v) is 8.84. The van der Waals surface area contributed by atoms with E-state index in [2.05, 4.69) is 31.2 Å². The minimum Gasteiger partial charge on any atom is -0.477 e. The molecule has 1 amide bonds. The Morgan fingerprint density at radius 1 is 1.15 bits per heavy atom. The first kappa shape index (κ1) is 17.9. The monoisotopic (exact) mass is 370 g/mol. The molecule has 0 saturated heterocycles. The van der Waals surface area contributed by atoms with Gasteiger partial charge in [-0.3, -0.25) is 10.1 Å². The van der Waals surface area contributed by atoms with Crippen molar-refractivity contribution in [2.45, 2.75) is 26.2 Å². The van der Waals surface area contributed by atoms with Gasteiger partial charge in [0, 0.05) is 5.56 Å². The van der Waals surface area contributed by atoms with Crippen LogP contribution in [-0.4, -0.2) is 22.1 Å². The number of thiophene rings is 1. The predicted octanol–water partition coefficient (Wildman–Crippen LogP) is 4.65. The molecule has 0 fully saturated rings. The lowest BCUT2D eigenvalue weighted by atomic mass is 9.87. The van der Waals surface area contributed by atoms with Crippen LogP contribution >= 0.6 is 11.3 Å². The summed E-state index contributed by atoms with van der Waals surface area (Å²) in [6.45, 7) is 6.26. The van der Waals surface area contributed by atoms with Crippen molar-refractivity contribution in [3.8, 4) is 10.6 Å². The number of carboxylic acid groups (broad SMARTS) is 1. The molecular weight excluding hydrogens is 352 g/mol. The molecule has 0 aliphatic carbocycles. The molecule has 2 N–H and O–H groups in total. The van der Waals surface area contributed by atoms with Crippen molar-refractivity contribution in [3.63, 3.8) is 0 Å². The SMILES string of the molecule is CC(C)(C)c1ccc(C(=O)Nc2onc(-c3cccs3)c2C(=O)O)cc1. The number of aromatic nitrogens is 1. The number of rotatable bonds is 4. The lowest BCUT2D eigenvalue weighted by Gasteiger charge is -2.18. The zero-order valence-corrected chi connectivity index (χ0v) is 15.4. The molecule has 26 heavy (non-hydrogen) atoms.